The van der Waals surface area contributed by atoms with Crippen LogP contribution in [0.4, 0.5) is 11.4 Å². The van der Waals surface area contributed by atoms with E-state index in [9.17, 15) is 58.6 Å². The van der Waals surface area contributed by atoms with E-state index in [0.29, 0.717) is 11.1 Å². The van der Waals surface area contributed by atoms with Crippen molar-refractivity contribution in [3.8, 4) is 0 Å². The summed E-state index contributed by atoms with van der Waals surface area (Å²) < 4.78 is 23.5. The quantitative estimate of drug-likeness (QED) is 0.0980. The second kappa shape index (κ2) is 27.3. The number of carbonyl (C=O) groups excluding carboxylic acids is 8. The van der Waals surface area contributed by atoms with Crippen molar-refractivity contribution in [2.45, 2.75) is 156 Å². The fraction of sp³-hybridized carbons (Fsp3) is 0.615. The lowest BCUT2D eigenvalue weighted by molar-refractivity contribution is -0.385. The third-order valence-electron chi connectivity index (χ3n) is 12.6. The second-order valence-electron chi connectivity index (χ2n) is 20.6. The summed E-state index contributed by atoms with van der Waals surface area (Å²) in [4.78, 5) is 141. The van der Waals surface area contributed by atoms with Crippen LogP contribution in [0.2, 0.25) is 0 Å². The van der Waals surface area contributed by atoms with Crippen LogP contribution in [0, 0.1) is 43.9 Å². The summed E-state index contributed by atoms with van der Waals surface area (Å²) in [5, 5.41) is 23.0. The number of likely N-dealkylation sites (N-methyl/N-ethyl adjacent to an activating group) is 4. The highest BCUT2D eigenvalue weighted by atomic mass is 16.6. The van der Waals surface area contributed by atoms with Crippen LogP contribution in [0.3, 0.4) is 0 Å². The van der Waals surface area contributed by atoms with Crippen LogP contribution < -0.4 is 0 Å². The maximum atomic E-state index is 14.7. The molecule has 8 atom stereocenters. The second-order valence-corrected chi connectivity index (χ2v) is 20.6. The lowest BCUT2D eigenvalue weighted by Crippen LogP contribution is -2.55. The zero-order valence-corrected chi connectivity index (χ0v) is 45.0. The highest BCUT2D eigenvalue weighted by Gasteiger charge is 2.43. The summed E-state index contributed by atoms with van der Waals surface area (Å²) >= 11 is 0. The van der Waals surface area contributed by atoms with Crippen molar-refractivity contribution in [2.24, 2.45) is 23.7 Å². The number of cyclic esters (lactones) is 4. The number of esters is 4. The molecule has 0 saturated carbocycles. The summed E-state index contributed by atoms with van der Waals surface area (Å²) in [7, 11) is 5.17. The Bertz CT molecular complexity index is 2160. The monoisotopic (exact) mass is 1040 g/mol. The van der Waals surface area contributed by atoms with E-state index in [-0.39, 0.29) is 73.6 Å². The zero-order chi connectivity index (χ0) is 56.0. The van der Waals surface area contributed by atoms with E-state index in [4.69, 9.17) is 18.9 Å². The first-order chi connectivity index (χ1) is 34.4. The van der Waals surface area contributed by atoms with E-state index in [0.717, 1.165) is 19.6 Å². The van der Waals surface area contributed by atoms with Gasteiger partial charge in [-0.1, -0.05) is 79.7 Å². The third kappa shape index (κ3) is 17.0. The molecule has 74 heavy (non-hydrogen) atoms. The number of hydrogen-bond donors (Lipinski definition) is 0. The van der Waals surface area contributed by atoms with Gasteiger partial charge in [-0.3, -0.25) is 39.4 Å². The highest BCUT2D eigenvalue weighted by molar-refractivity contribution is 5.94. The van der Waals surface area contributed by atoms with Gasteiger partial charge in [0, 0.05) is 65.3 Å². The third-order valence-corrected chi connectivity index (χ3v) is 12.6. The molecule has 1 aliphatic heterocycles. The van der Waals surface area contributed by atoms with Gasteiger partial charge in [-0.05, 0) is 74.3 Å². The highest BCUT2D eigenvalue weighted by Crippen LogP contribution is 2.25. The van der Waals surface area contributed by atoms with Crippen LogP contribution in [0.5, 0.6) is 0 Å². The van der Waals surface area contributed by atoms with E-state index >= 15 is 0 Å². The number of nitrogens with zero attached hydrogens (tertiary/aromatic N) is 6. The Morgan fingerprint density at radius 3 is 0.878 bits per heavy atom. The van der Waals surface area contributed by atoms with Gasteiger partial charge in [0.15, 0.2) is 24.4 Å². The van der Waals surface area contributed by atoms with Crippen LogP contribution >= 0.6 is 0 Å². The molecule has 1 fully saturated rings. The molecule has 2 aromatic rings. The molecule has 22 heteroatoms. The predicted molar refractivity (Wildman–Crippen MR) is 269 cm³/mol. The molecule has 1 saturated heterocycles. The fourth-order valence-corrected chi connectivity index (χ4v) is 8.42. The van der Waals surface area contributed by atoms with E-state index in [1.165, 1.54) is 90.6 Å². The first-order valence-corrected chi connectivity index (χ1v) is 24.8. The van der Waals surface area contributed by atoms with Crippen LogP contribution in [0.1, 0.15) is 106 Å². The average molecular weight is 1040 g/mol. The molecule has 0 spiro atoms. The van der Waals surface area contributed by atoms with Crippen molar-refractivity contribution in [1.82, 2.24) is 19.6 Å². The number of ether oxygens (including phenoxy) is 4. The summed E-state index contributed by atoms with van der Waals surface area (Å²) in [5.41, 5.74) is 0.193. The lowest BCUT2D eigenvalue weighted by Gasteiger charge is -2.35. The first kappa shape index (κ1) is 61.3. The maximum Gasteiger partial charge on any atom is 0.329 e. The summed E-state index contributed by atoms with van der Waals surface area (Å²) in [6, 6.07) is 4.85. The smallest absolute Gasteiger partial charge is 0.329 e. The van der Waals surface area contributed by atoms with Crippen molar-refractivity contribution in [1.29, 1.82) is 0 Å². The number of benzene rings is 2. The molecule has 0 aromatic heterocycles. The van der Waals surface area contributed by atoms with Crippen molar-refractivity contribution >= 4 is 58.9 Å². The van der Waals surface area contributed by atoms with Crippen LogP contribution in [-0.4, -0.2) is 154 Å². The number of non-ortho nitro benzene ring substituents is 2. The van der Waals surface area contributed by atoms with E-state index in [2.05, 4.69) is 0 Å². The van der Waals surface area contributed by atoms with Gasteiger partial charge >= 0.3 is 23.9 Å². The Labute approximate surface area is 432 Å². The van der Waals surface area contributed by atoms with Gasteiger partial charge in [0.2, 0.25) is 0 Å². The molecule has 408 valence electrons. The minimum Gasteiger partial charge on any atom is -0.451 e. The summed E-state index contributed by atoms with van der Waals surface area (Å²) in [5.74, 6) is -8.58. The van der Waals surface area contributed by atoms with E-state index < -0.39 is 106 Å². The maximum absolute atomic E-state index is 14.7. The Balaban J connectivity index is 2.29. The summed E-state index contributed by atoms with van der Waals surface area (Å²) in [6.45, 7) is 16.8. The molecule has 4 unspecified atom stereocenters. The molecule has 0 radical (unpaired) electrons. The number of hydrogen-bond acceptors (Lipinski definition) is 16. The number of rotatable bonds is 14. The Morgan fingerprint density at radius 2 is 0.649 bits per heavy atom. The number of nitro benzene ring substituents is 2. The largest absolute Gasteiger partial charge is 0.451 e. The molecule has 0 aliphatic carbocycles. The van der Waals surface area contributed by atoms with Gasteiger partial charge in [0.1, 0.15) is 24.2 Å². The van der Waals surface area contributed by atoms with Crippen LogP contribution in [0.15, 0.2) is 48.5 Å². The van der Waals surface area contributed by atoms with Crippen molar-refractivity contribution in [3.05, 3.63) is 79.9 Å². The minimum atomic E-state index is -1.68. The summed E-state index contributed by atoms with van der Waals surface area (Å²) in [6.07, 6.45) is -7.16. The van der Waals surface area contributed by atoms with Crippen LogP contribution in [0.25, 0.3) is 0 Å². The normalized spacial score (nSPS) is 24.0. The Hall–Kier alpha value is -7.00. The van der Waals surface area contributed by atoms with Gasteiger partial charge in [0.25, 0.3) is 35.0 Å². The number of nitro groups is 2. The van der Waals surface area contributed by atoms with E-state index in [1.54, 1.807) is 55.4 Å². The van der Waals surface area contributed by atoms with Crippen molar-refractivity contribution in [3.63, 3.8) is 0 Å². The Morgan fingerprint density at radius 1 is 0.419 bits per heavy atom. The molecule has 4 amide bonds. The van der Waals surface area contributed by atoms with Gasteiger partial charge in [-0.25, -0.2) is 19.2 Å². The van der Waals surface area contributed by atoms with Gasteiger partial charge in [-0.2, -0.15) is 0 Å². The predicted octanol–water partition coefficient (Wildman–Crippen LogP) is 5.48. The molecule has 2 aromatic carbocycles. The molecular weight excluding hydrogens is 965 g/mol. The zero-order valence-electron chi connectivity index (χ0n) is 45.0. The Kier molecular flexibility index (Phi) is 22.6. The number of amides is 4. The van der Waals surface area contributed by atoms with Crippen molar-refractivity contribution < 1.29 is 67.2 Å². The first-order valence-electron chi connectivity index (χ1n) is 24.8. The lowest BCUT2D eigenvalue weighted by atomic mass is 10.00. The van der Waals surface area contributed by atoms with Crippen LogP contribution in [-0.2, 0) is 70.1 Å². The van der Waals surface area contributed by atoms with E-state index in [1.807, 2.05) is 0 Å². The van der Waals surface area contributed by atoms with Gasteiger partial charge < -0.3 is 38.5 Å². The molecule has 1 heterocycles. The van der Waals surface area contributed by atoms with Gasteiger partial charge in [-0.15, -0.1) is 0 Å². The topological polar surface area (TPSA) is 273 Å². The van der Waals surface area contributed by atoms with Gasteiger partial charge in [0.05, 0.1) is 9.85 Å². The minimum absolute atomic E-state index is 0.00120. The molecule has 0 N–H and O–H groups in total. The molecule has 1 aliphatic rings. The molecular formula is C52H74N6O16. The fourth-order valence-electron chi connectivity index (χ4n) is 8.42. The standard InChI is InChI=1S/C52H74N6O16/c1-29(2)23-39-49(63)71-33(9)45(59)53(11)42(26-32(7)8)52(66)74-44(28-36-17-21-38(22-18-36)58(69)70)48(62)56(14)40(24-30(3)4)50(64)72-34(10)46(60)54(12)41(25-31(5)6)51(65)73-43(47(61)55(39)13)27-35-15-19-37(20-16-35)57(67)68/h15-22,29-34,39-44H,23-28H2,1-14H3/t33?,34?,39-,40-,41-,42-,43?,44?/m0/s1. The average Bonchev–Trinajstić information content (AvgIpc) is 3.32. The van der Waals surface area contributed by atoms with Crippen molar-refractivity contribution in [2.75, 3.05) is 28.2 Å². The SMILES string of the molecule is CC(C)C[C@H]1C(=O)OC(Cc2ccc([N+](=O)[O-])cc2)C(=O)N(C)[C@@H](CC(C)C)C(=O)OC(C)C(=O)N(C)[C@@H](CC(C)C)C(=O)OC(Cc2ccc([N+](=O)[O-])cc2)C(=O)N(C)[C@@H](CC(C)C)C(=O)OC(C)C(=O)N1C. The molecule has 22 nitrogen and oxygen atoms in total. The molecule has 3 rings (SSSR count). The molecule has 0 bridgehead atoms. The number of carbonyl (C=O) groups is 8.